The minimum absolute atomic E-state index is 0.000463. The fourth-order valence-corrected chi connectivity index (χ4v) is 3.53. The standard InChI is InChI=1S/C21H24N2O5/c1-13-12-28-17(11-18(24)25)19(13)20(26)22-16-8-6-15(7-9-16)21(27)23-10-4-3-5-14(23)2/h6-9,12,14H,3-5,10-11H2,1-2H3,(H,22,26)(H,24,25). The molecule has 1 aliphatic rings. The van der Waals surface area contributed by atoms with Gasteiger partial charge in [-0.2, -0.15) is 0 Å². The second kappa shape index (κ2) is 8.29. The largest absolute Gasteiger partial charge is 0.481 e. The summed E-state index contributed by atoms with van der Waals surface area (Å²) < 4.78 is 5.20. The van der Waals surface area contributed by atoms with Crippen LogP contribution in [0.4, 0.5) is 5.69 Å². The molecule has 2 heterocycles. The van der Waals surface area contributed by atoms with Crippen LogP contribution in [0.1, 0.15) is 58.2 Å². The predicted octanol–water partition coefficient (Wildman–Crippen LogP) is 3.48. The van der Waals surface area contributed by atoms with Crippen molar-refractivity contribution in [2.24, 2.45) is 0 Å². The molecule has 1 fully saturated rings. The second-order valence-electron chi connectivity index (χ2n) is 7.16. The smallest absolute Gasteiger partial charge is 0.311 e. The Morgan fingerprint density at radius 1 is 1.21 bits per heavy atom. The molecule has 2 amide bonds. The lowest BCUT2D eigenvalue weighted by Gasteiger charge is -2.33. The number of aliphatic carboxylic acids is 1. The summed E-state index contributed by atoms with van der Waals surface area (Å²) in [7, 11) is 0. The molecule has 148 valence electrons. The number of likely N-dealkylation sites (tertiary alicyclic amines) is 1. The van der Waals surface area contributed by atoms with Crippen LogP contribution in [-0.2, 0) is 11.2 Å². The normalized spacial score (nSPS) is 16.6. The van der Waals surface area contributed by atoms with Gasteiger partial charge in [0.15, 0.2) is 0 Å². The molecule has 0 saturated carbocycles. The van der Waals surface area contributed by atoms with E-state index in [2.05, 4.69) is 12.2 Å². The van der Waals surface area contributed by atoms with Crippen LogP contribution in [0.25, 0.3) is 0 Å². The lowest BCUT2D eigenvalue weighted by Crippen LogP contribution is -2.42. The molecule has 3 rings (SSSR count). The molecule has 0 radical (unpaired) electrons. The molecule has 1 aliphatic heterocycles. The van der Waals surface area contributed by atoms with Gasteiger partial charge in [0, 0.05) is 29.4 Å². The van der Waals surface area contributed by atoms with E-state index in [1.165, 1.54) is 6.26 Å². The van der Waals surface area contributed by atoms with E-state index >= 15 is 0 Å². The highest BCUT2D eigenvalue weighted by molar-refractivity contribution is 6.06. The van der Waals surface area contributed by atoms with E-state index in [0.29, 0.717) is 16.8 Å². The average molecular weight is 384 g/mol. The maximum Gasteiger partial charge on any atom is 0.311 e. The van der Waals surface area contributed by atoms with E-state index in [1.54, 1.807) is 31.2 Å². The van der Waals surface area contributed by atoms with Gasteiger partial charge in [0.2, 0.25) is 0 Å². The van der Waals surface area contributed by atoms with Gasteiger partial charge in [0.25, 0.3) is 11.8 Å². The van der Waals surface area contributed by atoms with E-state index < -0.39 is 11.9 Å². The molecular formula is C21H24N2O5. The Morgan fingerprint density at radius 2 is 1.93 bits per heavy atom. The Bertz CT molecular complexity index is 885. The predicted molar refractivity (Wildman–Crippen MR) is 104 cm³/mol. The molecule has 1 saturated heterocycles. The van der Waals surface area contributed by atoms with E-state index in [9.17, 15) is 14.4 Å². The van der Waals surface area contributed by atoms with Crippen molar-refractivity contribution in [3.63, 3.8) is 0 Å². The van der Waals surface area contributed by atoms with Crippen LogP contribution in [0.2, 0.25) is 0 Å². The number of aryl methyl sites for hydroxylation is 1. The Morgan fingerprint density at radius 3 is 2.57 bits per heavy atom. The summed E-state index contributed by atoms with van der Waals surface area (Å²) >= 11 is 0. The zero-order chi connectivity index (χ0) is 20.3. The van der Waals surface area contributed by atoms with E-state index in [1.807, 2.05) is 4.90 Å². The number of carbonyl (C=O) groups is 3. The highest BCUT2D eigenvalue weighted by Crippen LogP contribution is 2.22. The van der Waals surface area contributed by atoms with Gasteiger partial charge in [-0.15, -0.1) is 0 Å². The number of anilines is 1. The summed E-state index contributed by atoms with van der Waals surface area (Å²) in [6, 6.07) is 6.97. The summed E-state index contributed by atoms with van der Waals surface area (Å²) in [6.45, 7) is 4.52. The van der Waals surface area contributed by atoms with Gasteiger partial charge in [0.1, 0.15) is 12.2 Å². The van der Waals surface area contributed by atoms with Crippen LogP contribution in [0, 0.1) is 6.92 Å². The maximum atomic E-state index is 12.7. The van der Waals surface area contributed by atoms with Gasteiger partial charge in [0.05, 0.1) is 11.8 Å². The average Bonchev–Trinajstić information content (AvgIpc) is 3.01. The number of amides is 2. The van der Waals surface area contributed by atoms with Gasteiger partial charge in [-0.05, 0) is 57.4 Å². The molecule has 2 N–H and O–H groups in total. The molecule has 0 bridgehead atoms. The van der Waals surface area contributed by atoms with Gasteiger partial charge in [-0.3, -0.25) is 14.4 Å². The van der Waals surface area contributed by atoms with E-state index in [4.69, 9.17) is 9.52 Å². The van der Waals surface area contributed by atoms with Gasteiger partial charge >= 0.3 is 5.97 Å². The Labute approximate surface area is 163 Å². The first-order valence-corrected chi connectivity index (χ1v) is 9.38. The number of carboxylic acid groups (broad SMARTS) is 1. The number of carbonyl (C=O) groups excluding carboxylic acids is 2. The zero-order valence-corrected chi connectivity index (χ0v) is 16.0. The lowest BCUT2D eigenvalue weighted by atomic mass is 10.0. The molecule has 2 aromatic rings. The second-order valence-corrected chi connectivity index (χ2v) is 7.16. The molecule has 1 aromatic heterocycles. The molecule has 7 heteroatoms. The zero-order valence-electron chi connectivity index (χ0n) is 16.0. The number of piperidine rings is 1. The molecular weight excluding hydrogens is 360 g/mol. The van der Waals surface area contributed by atoms with Crippen LogP contribution in [0.15, 0.2) is 34.9 Å². The Hall–Kier alpha value is -3.09. The molecule has 28 heavy (non-hydrogen) atoms. The van der Waals surface area contributed by atoms with Crippen LogP contribution in [-0.4, -0.2) is 40.4 Å². The number of rotatable bonds is 5. The van der Waals surface area contributed by atoms with Crippen molar-refractivity contribution in [2.45, 2.75) is 45.6 Å². The number of hydrogen-bond acceptors (Lipinski definition) is 4. The van der Waals surface area contributed by atoms with Crippen molar-refractivity contribution < 1.29 is 23.9 Å². The third-order valence-electron chi connectivity index (χ3n) is 5.04. The quantitative estimate of drug-likeness (QED) is 0.822. The van der Waals surface area contributed by atoms with Gasteiger partial charge in [-0.1, -0.05) is 0 Å². The summed E-state index contributed by atoms with van der Waals surface area (Å²) in [5, 5.41) is 11.7. The molecule has 1 aromatic carbocycles. The fourth-order valence-electron chi connectivity index (χ4n) is 3.53. The van der Waals surface area contributed by atoms with E-state index in [0.717, 1.165) is 25.8 Å². The number of nitrogens with one attached hydrogen (secondary N) is 1. The van der Waals surface area contributed by atoms with Crippen molar-refractivity contribution in [2.75, 3.05) is 11.9 Å². The number of furan rings is 1. The number of benzene rings is 1. The first kappa shape index (κ1) is 19.7. The summed E-state index contributed by atoms with van der Waals surface area (Å²) in [5.41, 5.74) is 1.90. The molecule has 0 spiro atoms. The van der Waals surface area contributed by atoms with Crippen molar-refractivity contribution >= 4 is 23.5 Å². The molecule has 7 nitrogen and oxygen atoms in total. The topological polar surface area (TPSA) is 99.8 Å². The highest BCUT2D eigenvalue weighted by Gasteiger charge is 2.24. The third kappa shape index (κ3) is 4.24. The van der Waals surface area contributed by atoms with Crippen LogP contribution < -0.4 is 5.32 Å². The van der Waals surface area contributed by atoms with Crippen molar-refractivity contribution in [3.8, 4) is 0 Å². The SMILES string of the molecule is Cc1coc(CC(=O)O)c1C(=O)Nc1ccc(C(=O)N2CCCCC2C)cc1. The highest BCUT2D eigenvalue weighted by atomic mass is 16.4. The summed E-state index contributed by atoms with van der Waals surface area (Å²) in [6.07, 6.45) is 4.19. The van der Waals surface area contributed by atoms with Gasteiger partial charge < -0.3 is 19.7 Å². The first-order valence-electron chi connectivity index (χ1n) is 9.38. The number of nitrogens with zero attached hydrogens (tertiary/aromatic N) is 1. The monoisotopic (exact) mass is 384 g/mol. The molecule has 0 aliphatic carbocycles. The van der Waals surface area contributed by atoms with Crippen molar-refractivity contribution in [1.82, 2.24) is 4.90 Å². The lowest BCUT2D eigenvalue weighted by molar-refractivity contribution is -0.136. The van der Waals surface area contributed by atoms with Gasteiger partial charge in [-0.25, -0.2) is 0 Å². The minimum atomic E-state index is -1.07. The maximum absolute atomic E-state index is 12.7. The van der Waals surface area contributed by atoms with E-state index in [-0.39, 0.29) is 29.7 Å². The summed E-state index contributed by atoms with van der Waals surface area (Å²) in [4.78, 5) is 38.1. The first-order chi connectivity index (χ1) is 13.4. The fraction of sp³-hybridized carbons (Fsp3) is 0.381. The number of carboxylic acids is 1. The van der Waals surface area contributed by atoms with Crippen LogP contribution in [0.5, 0.6) is 0 Å². The minimum Gasteiger partial charge on any atom is -0.481 e. The molecule has 1 atom stereocenters. The van der Waals surface area contributed by atoms with Crippen LogP contribution >= 0.6 is 0 Å². The Balaban J connectivity index is 1.71. The third-order valence-corrected chi connectivity index (χ3v) is 5.04. The summed E-state index contributed by atoms with van der Waals surface area (Å²) in [5.74, 6) is -1.39. The van der Waals surface area contributed by atoms with Crippen molar-refractivity contribution in [3.05, 3.63) is 53.0 Å². The Kier molecular flexibility index (Phi) is 5.82. The van der Waals surface area contributed by atoms with Crippen LogP contribution in [0.3, 0.4) is 0 Å². The van der Waals surface area contributed by atoms with Crippen molar-refractivity contribution in [1.29, 1.82) is 0 Å². The number of hydrogen-bond donors (Lipinski definition) is 2. The molecule has 1 unspecified atom stereocenters.